The molecule has 4 saturated carbocycles. The monoisotopic (exact) mass is 605 g/mol. The zero-order valence-corrected chi connectivity index (χ0v) is 26.0. The van der Waals surface area contributed by atoms with Crippen molar-refractivity contribution >= 4 is 23.3 Å². The lowest BCUT2D eigenvalue weighted by atomic mass is 9.46. The number of benzene rings is 1. The molecule has 11 heteroatoms. The SMILES string of the molecule is Cc1nn(-c2ccccc2)c(C)c1CN1CCN(C(=O)CC23CC4CC(C2)CC(n2nc([N+](=O)[O-])c(Cl)c2C)(C4)C3)CC1. The Morgan fingerprint density at radius 2 is 1.67 bits per heavy atom. The topological polar surface area (TPSA) is 102 Å². The normalized spacial score (nSPS) is 28.5. The number of aryl methyl sites for hydroxylation is 1. The maximum atomic E-state index is 13.8. The van der Waals surface area contributed by atoms with Gasteiger partial charge in [-0.15, -0.1) is 0 Å². The number of amides is 1. The quantitative estimate of drug-likeness (QED) is 0.257. The van der Waals surface area contributed by atoms with Gasteiger partial charge in [0, 0.05) is 50.4 Å². The molecule has 1 amide bonds. The van der Waals surface area contributed by atoms with Gasteiger partial charge in [-0.2, -0.15) is 9.78 Å². The molecule has 4 bridgehead atoms. The minimum Gasteiger partial charge on any atom is -0.358 e. The molecule has 0 N–H and O–H groups in total. The summed E-state index contributed by atoms with van der Waals surface area (Å²) in [5, 5.41) is 21.0. The molecule has 43 heavy (non-hydrogen) atoms. The van der Waals surface area contributed by atoms with Gasteiger partial charge in [0.25, 0.3) is 0 Å². The largest absolute Gasteiger partial charge is 0.408 e. The highest BCUT2D eigenvalue weighted by Gasteiger charge is 2.61. The van der Waals surface area contributed by atoms with Gasteiger partial charge >= 0.3 is 5.82 Å². The van der Waals surface area contributed by atoms with Crippen LogP contribution < -0.4 is 0 Å². The van der Waals surface area contributed by atoms with Gasteiger partial charge in [-0.1, -0.05) is 29.8 Å². The Bertz CT molecular complexity index is 1560. The van der Waals surface area contributed by atoms with E-state index in [2.05, 4.69) is 40.9 Å². The van der Waals surface area contributed by atoms with E-state index in [0.717, 1.165) is 81.9 Å². The van der Waals surface area contributed by atoms with Crippen LogP contribution in [0.3, 0.4) is 0 Å². The van der Waals surface area contributed by atoms with Gasteiger partial charge in [0.1, 0.15) is 0 Å². The van der Waals surface area contributed by atoms with Crippen molar-refractivity contribution in [3.8, 4) is 5.69 Å². The predicted molar refractivity (Wildman–Crippen MR) is 163 cm³/mol. The fourth-order valence-electron chi connectivity index (χ4n) is 9.44. The van der Waals surface area contributed by atoms with Crippen LogP contribution in [0.1, 0.15) is 67.6 Å². The third kappa shape index (κ3) is 4.86. The molecule has 2 unspecified atom stereocenters. The highest BCUT2D eigenvalue weighted by atomic mass is 35.5. The average molecular weight is 606 g/mol. The van der Waals surface area contributed by atoms with Gasteiger partial charge in [-0.25, -0.2) is 4.68 Å². The summed E-state index contributed by atoms with van der Waals surface area (Å²) in [7, 11) is 0. The van der Waals surface area contributed by atoms with Gasteiger partial charge in [0.05, 0.1) is 27.7 Å². The van der Waals surface area contributed by atoms with Crippen molar-refractivity contribution < 1.29 is 9.72 Å². The lowest BCUT2D eigenvalue weighted by Crippen LogP contribution is -2.58. The maximum Gasteiger partial charge on any atom is 0.408 e. The summed E-state index contributed by atoms with van der Waals surface area (Å²) in [6.07, 6.45) is 6.65. The summed E-state index contributed by atoms with van der Waals surface area (Å²) < 4.78 is 3.91. The zero-order chi connectivity index (χ0) is 30.1. The van der Waals surface area contributed by atoms with Crippen molar-refractivity contribution in [2.45, 2.75) is 77.8 Å². The molecule has 1 saturated heterocycles. The van der Waals surface area contributed by atoms with Crippen LogP contribution in [0.25, 0.3) is 5.69 Å². The van der Waals surface area contributed by atoms with Crippen molar-refractivity contribution in [2.24, 2.45) is 17.3 Å². The van der Waals surface area contributed by atoms with Crippen LogP contribution in [0, 0.1) is 48.1 Å². The van der Waals surface area contributed by atoms with E-state index in [4.69, 9.17) is 16.7 Å². The second-order valence-corrected chi connectivity index (χ2v) is 14.2. The van der Waals surface area contributed by atoms with E-state index in [1.54, 1.807) is 0 Å². The molecule has 3 heterocycles. The van der Waals surface area contributed by atoms with E-state index in [0.29, 0.717) is 24.0 Å². The minimum atomic E-state index is -0.483. The highest BCUT2D eigenvalue weighted by molar-refractivity contribution is 6.33. The van der Waals surface area contributed by atoms with E-state index in [1.165, 1.54) is 12.0 Å². The van der Waals surface area contributed by atoms with Crippen LogP contribution in [0.5, 0.6) is 0 Å². The molecule has 228 valence electrons. The van der Waals surface area contributed by atoms with Crippen LogP contribution in [0.15, 0.2) is 30.3 Å². The number of aromatic nitrogens is 4. The molecule has 0 spiro atoms. The molecule has 1 aliphatic heterocycles. The van der Waals surface area contributed by atoms with Crippen LogP contribution in [-0.4, -0.2) is 66.4 Å². The fraction of sp³-hybridized carbons (Fsp3) is 0.594. The molecule has 2 aromatic heterocycles. The summed E-state index contributed by atoms with van der Waals surface area (Å²) in [6, 6.07) is 10.2. The summed E-state index contributed by atoms with van der Waals surface area (Å²) in [6.45, 7) is 10.0. The molecule has 5 fully saturated rings. The van der Waals surface area contributed by atoms with Crippen LogP contribution in [-0.2, 0) is 16.9 Å². The number of piperazine rings is 1. The van der Waals surface area contributed by atoms with Crippen molar-refractivity contribution in [3.63, 3.8) is 0 Å². The number of hydrogen-bond donors (Lipinski definition) is 0. The number of nitrogens with zero attached hydrogens (tertiary/aromatic N) is 7. The van der Waals surface area contributed by atoms with Crippen molar-refractivity contribution in [2.75, 3.05) is 26.2 Å². The zero-order valence-electron chi connectivity index (χ0n) is 25.3. The van der Waals surface area contributed by atoms with Gasteiger partial charge in [0.15, 0.2) is 5.02 Å². The Morgan fingerprint density at radius 3 is 2.30 bits per heavy atom. The first kappa shape index (κ1) is 28.5. The first-order valence-corrected chi connectivity index (χ1v) is 15.9. The van der Waals surface area contributed by atoms with Crippen LogP contribution >= 0.6 is 11.6 Å². The molecule has 10 nitrogen and oxygen atoms in total. The standard InChI is InChI=1S/C32H40ClN7O3/c1-21-27(22(2)38(34-21)26-7-5-4-6-8-26)19-36-9-11-37(12-10-36)28(41)18-31-14-24-13-25(15-31)17-32(16-24,20-31)39-23(3)29(33)30(35-39)40(42)43/h4-8,24-25H,9-20H2,1-3H3. The summed E-state index contributed by atoms with van der Waals surface area (Å²) in [4.78, 5) is 29.5. The lowest BCUT2D eigenvalue weighted by Gasteiger charge is -2.61. The van der Waals surface area contributed by atoms with Crippen LogP contribution in [0.2, 0.25) is 5.02 Å². The van der Waals surface area contributed by atoms with E-state index >= 15 is 0 Å². The highest BCUT2D eigenvalue weighted by Crippen LogP contribution is 2.65. The lowest BCUT2D eigenvalue weighted by molar-refractivity contribution is -0.389. The number of halogens is 1. The van der Waals surface area contributed by atoms with Crippen molar-refractivity contribution in [1.29, 1.82) is 0 Å². The Labute approximate surface area is 257 Å². The van der Waals surface area contributed by atoms with Gasteiger partial charge in [-0.05, 0) is 93.6 Å². The third-order valence-electron chi connectivity index (χ3n) is 10.9. The third-order valence-corrected chi connectivity index (χ3v) is 11.3. The van der Waals surface area contributed by atoms with E-state index < -0.39 is 4.92 Å². The number of nitro groups is 1. The number of carbonyl (C=O) groups is 1. The van der Waals surface area contributed by atoms with Gasteiger partial charge in [-0.3, -0.25) is 9.69 Å². The number of para-hydroxylation sites is 1. The molecule has 8 rings (SSSR count). The second-order valence-electron chi connectivity index (χ2n) is 13.8. The smallest absolute Gasteiger partial charge is 0.358 e. The van der Waals surface area contributed by atoms with Gasteiger partial charge in [0.2, 0.25) is 5.91 Å². The minimum absolute atomic E-state index is 0.0712. The summed E-state index contributed by atoms with van der Waals surface area (Å²) >= 11 is 6.38. The number of hydrogen-bond acceptors (Lipinski definition) is 6. The summed E-state index contributed by atoms with van der Waals surface area (Å²) in [5.41, 5.74) is 4.86. The molecule has 4 aliphatic carbocycles. The fourth-order valence-corrected chi connectivity index (χ4v) is 9.63. The molecule has 5 aliphatic rings. The Hall–Kier alpha value is -3.24. The Kier molecular flexibility index (Phi) is 6.93. The average Bonchev–Trinajstić information content (AvgIpc) is 3.43. The molecule has 1 aromatic carbocycles. The molecular formula is C32H40ClN7O3. The molecular weight excluding hydrogens is 566 g/mol. The van der Waals surface area contributed by atoms with Crippen molar-refractivity contribution in [1.82, 2.24) is 29.4 Å². The number of rotatable bonds is 7. The van der Waals surface area contributed by atoms with E-state index in [1.807, 2.05) is 34.5 Å². The Morgan fingerprint density at radius 1 is 1.00 bits per heavy atom. The Balaban J connectivity index is 1.02. The van der Waals surface area contributed by atoms with E-state index in [9.17, 15) is 14.9 Å². The maximum absolute atomic E-state index is 13.8. The first-order chi connectivity index (χ1) is 20.6. The van der Waals surface area contributed by atoms with Crippen molar-refractivity contribution in [3.05, 3.63) is 68.1 Å². The van der Waals surface area contributed by atoms with Gasteiger partial charge < -0.3 is 15.0 Å². The first-order valence-electron chi connectivity index (χ1n) is 15.6. The predicted octanol–water partition coefficient (Wildman–Crippen LogP) is 5.59. The molecule has 3 aromatic rings. The molecule has 0 radical (unpaired) electrons. The molecule has 2 atom stereocenters. The second kappa shape index (κ2) is 10.4. The number of carbonyl (C=O) groups excluding carboxylic acids is 1. The summed E-state index contributed by atoms with van der Waals surface area (Å²) in [5.74, 6) is 1.05. The van der Waals surface area contributed by atoms with E-state index in [-0.39, 0.29) is 27.7 Å². The van der Waals surface area contributed by atoms with Crippen LogP contribution in [0.4, 0.5) is 5.82 Å².